The van der Waals surface area contributed by atoms with E-state index >= 15 is 0 Å². The quantitative estimate of drug-likeness (QED) is 0.932. The van der Waals surface area contributed by atoms with E-state index in [1.807, 2.05) is 42.7 Å². The Kier molecular flexibility index (Phi) is 4.79. The van der Waals surface area contributed by atoms with Gasteiger partial charge in [-0.25, -0.2) is 9.97 Å². The topological polar surface area (TPSA) is 58.5 Å². The summed E-state index contributed by atoms with van der Waals surface area (Å²) in [6.07, 6.45) is 7.18. The van der Waals surface area contributed by atoms with Crippen LogP contribution in [0.2, 0.25) is 0 Å². The van der Waals surface area contributed by atoms with Crippen LogP contribution in [0.4, 0.5) is 0 Å². The number of aromatic nitrogens is 2. The van der Waals surface area contributed by atoms with E-state index in [-0.39, 0.29) is 11.7 Å². The summed E-state index contributed by atoms with van der Waals surface area (Å²) in [5.41, 5.74) is 1.86. The maximum Gasteiger partial charge on any atom is 0.159 e. The molecule has 3 heterocycles. The third kappa shape index (κ3) is 3.59. The third-order valence-corrected chi connectivity index (χ3v) is 5.46. The standard InChI is InChI=1S/C20H25N3O2/c24-18-7-4-12-25-20(18)8-10-23(11-9-20)15-16-13-21-19(22-14-16)17-5-2-1-3-6-17/h1-3,5-6,13-14,18,24H,4,7-12,15H2/t18-/m1/s1. The Morgan fingerprint density at radius 3 is 2.52 bits per heavy atom. The van der Waals surface area contributed by atoms with E-state index in [0.717, 1.165) is 68.9 Å². The van der Waals surface area contributed by atoms with Gasteiger partial charge in [-0.3, -0.25) is 4.90 Å². The monoisotopic (exact) mass is 339 g/mol. The van der Waals surface area contributed by atoms with Crippen LogP contribution in [0.1, 0.15) is 31.2 Å². The maximum absolute atomic E-state index is 10.3. The van der Waals surface area contributed by atoms with Gasteiger partial charge < -0.3 is 9.84 Å². The van der Waals surface area contributed by atoms with E-state index in [0.29, 0.717) is 0 Å². The largest absolute Gasteiger partial charge is 0.390 e. The predicted octanol–water partition coefficient (Wildman–Crippen LogP) is 2.65. The predicted molar refractivity (Wildman–Crippen MR) is 95.9 cm³/mol. The smallest absolute Gasteiger partial charge is 0.159 e. The van der Waals surface area contributed by atoms with Crippen LogP contribution in [0.3, 0.4) is 0 Å². The second-order valence-corrected chi connectivity index (χ2v) is 7.13. The first-order valence-electron chi connectivity index (χ1n) is 9.16. The van der Waals surface area contributed by atoms with Gasteiger partial charge in [0.2, 0.25) is 0 Å². The van der Waals surface area contributed by atoms with Crippen LogP contribution in [0, 0.1) is 0 Å². The lowest BCUT2D eigenvalue weighted by atomic mass is 9.82. The number of piperidine rings is 1. The summed E-state index contributed by atoms with van der Waals surface area (Å²) < 4.78 is 5.98. The van der Waals surface area contributed by atoms with Crippen LogP contribution in [0.25, 0.3) is 11.4 Å². The van der Waals surface area contributed by atoms with E-state index < -0.39 is 0 Å². The van der Waals surface area contributed by atoms with E-state index in [4.69, 9.17) is 4.74 Å². The van der Waals surface area contributed by atoms with Gasteiger partial charge in [-0.05, 0) is 25.7 Å². The summed E-state index contributed by atoms with van der Waals surface area (Å²) in [5, 5.41) is 10.3. The Morgan fingerprint density at radius 2 is 1.84 bits per heavy atom. The van der Waals surface area contributed by atoms with Gasteiger partial charge in [-0.1, -0.05) is 30.3 Å². The number of aliphatic hydroxyl groups is 1. The van der Waals surface area contributed by atoms with Crippen molar-refractivity contribution in [2.45, 2.75) is 43.9 Å². The summed E-state index contributed by atoms with van der Waals surface area (Å²) in [6, 6.07) is 10.0. The highest BCUT2D eigenvalue weighted by molar-refractivity contribution is 5.53. The van der Waals surface area contributed by atoms with Crippen LogP contribution in [0.5, 0.6) is 0 Å². The zero-order valence-electron chi connectivity index (χ0n) is 14.5. The number of ether oxygens (including phenoxy) is 1. The number of nitrogens with zero attached hydrogens (tertiary/aromatic N) is 3. The van der Waals surface area contributed by atoms with Crippen LogP contribution >= 0.6 is 0 Å². The lowest BCUT2D eigenvalue weighted by Gasteiger charge is -2.46. The van der Waals surface area contributed by atoms with Crippen LogP contribution in [-0.2, 0) is 11.3 Å². The molecular weight excluding hydrogens is 314 g/mol. The van der Waals surface area contributed by atoms with Crippen molar-refractivity contribution in [3.05, 3.63) is 48.3 Å². The minimum Gasteiger partial charge on any atom is -0.390 e. The van der Waals surface area contributed by atoms with Gasteiger partial charge in [0.1, 0.15) is 0 Å². The van der Waals surface area contributed by atoms with Gasteiger partial charge in [0.25, 0.3) is 0 Å². The maximum atomic E-state index is 10.3. The van der Waals surface area contributed by atoms with Crippen molar-refractivity contribution in [1.29, 1.82) is 0 Å². The molecule has 5 nitrogen and oxygen atoms in total. The second-order valence-electron chi connectivity index (χ2n) is 7.13. The number of rotatable bonds is 3. The van der Waals surface area contributed by atoms with Gasteiger partial charge >= 0.3 is 0 Å². The number of benzene rings is 1. The Bertz CT molecular complexity index is 682. The molecule has 2 fully saturated rings. The molecule has 1 spiro atoms. The Morgan fingerprint density at radius 1 is 1.12 bits per heavy atom. The molecule has 1 aromatic heterocycles. The molecule has 25 heavy (non-hydrogen) atoms. The van der Waals surface area contributed by atoms with Crippen LogP contribution in [-0.4, -0.2) is 51.4 Å². The van der Waals surface area contributed by atoms with E-state index in [1.54, 1.807) is 0 Å². The van der Waals surface area contributed by atoms with Crippen molar-refractivity contribution in [3.8, 4) is 11.4 Å². The molecule has 2 aromatic rings. The summed E-state index contributed by atoms with van der Waals surface area (Å²) in [5.74, 6) is 0.765. The molecule has 2 saturated heterocycles. The Balaban J connectivity index is 1.36. The molecule has 0 bridgehead atoms. The fourth-order valence-corrected chi connectivity index (χ4v) is 3.91. The van der Waals surface area contributed by atoms with Crippen molar-refractivity contribution in [1.82, 2.24) is 14.9 Å². The highest BCUT2D eigenvalue weighted by atomic mass is 16.5. The third-order valence-electron chi connectivity index (χ3n) is 5.46. The minimum absolute atomic E-state index is 0.303. The molecular formula is C20H25N3O2. The van der Waals surface area contributed by atoms with Crippen molar-refractivity contribution in [3.63, 3.8) is 0 Å². The number of aliphatic hydroxyl groups excluding tert-OH is 1. The molecule has 2 aliphatic heterocycles. The molecule has 0 radical (unpaired) electrons. The molecule has 132 valence electrons. The molecule has 1 aromatic carbocycles. The average molecular weight is 339 g/mol. The average Bonchev–Trinajstić information content (AvgIpc) is 2.67. The first-order chi connectivity index (χ1) is 12.3. The van der Waals surface area contributed by atoms with Gasteiger partial charge in [-0.2, -0.15) is 0 Å². The SMILES string of the molecule is O[C@@H]1CCCOC12CCN(Cc1cnc(-c3ccccc3)nc1)CC2. The number of likely N-dealkylation sites (tertiary alicyclic amines) is 1. The summed E-state index contributed by atoms with van der Waals surface area (Å²) in [7, 11) is 0. The lowest BCUT2D eigenvalue weighted by Crippen LogP contribution is -2.55. The summed E-state index contributed by atoms with van der Waals surface area (Å²) in [4.78, 5) is 11.4. The molecule has 5 heteroatoms. The van der Waals surface area contributed by atoms with E-state index in [9.17, 15) is 5.11 Å². The lowest BCUT2D eigenvalue weighted by molar-refractivity contribution is -0.177. The molecule has 0 aliphatic carbocycles. The molecule has 1 N–H and O–H groups in total. The van der Waals surface area contributed by atoms with Crippen LogP contribution < -0.4 is 0 Å². The first-order valence-corrected chi connectivity index (χ1v) is 9.16. The molecule has 0 saturated carbocycles. The zero-order chi connectivity index (χ0) is 17.1. The molecule has 0 amide bonds. The Hall–Kier alpha value is -1.82. The Labute approximate surface area is 148 Å². The van der Waals surface area contributed by atoms with Crippen molar-refractivity contribution < 1.29 is 9.84 Å². The highest BCUT2D eigenvalue weighted by Gasteiger charge is 2.43. The normalized spacial score (nSPS) is 23.6. The fourth-order valence-electron chi connectivity index (χ4n) is 3.91. The van der Waals surface area contributed by atoms with Gasteiger partial charge in [-0.15, -0.1) is 0 Å². The van der Waals surface area contributed by atoms with Crippen molar-refractivity contribution in [2.24, 2.45) is 0 Å². The van der Waals surface area contributed by atoms with Crippen molar-refractivity contribution in [2.75, 3.05) is 19.7 Å². The highest BCUT2D eigenvalue weighted by Crippen LogP contribution is 2.35. The fraction of sp³-hybridized carbons (Fsp3) is 0.500. The molecule has 1 atom stereocenters. The van der Waals surface area contributed by atoms with E-state index in [1.165, 1.54) is 0 Å². The van der Waals surface area contributed by atoms with Gasteiger partial charge in [0.05, 0.1) is 11.7 Å². The summed E-state index contributed by atoms with van der Waals surface area (Å²) >= 11 is 0. The molecule has 0 unspecified atom stereocenters. The van der Waals surface area contributed by atoms with Crippen LogP contribution in [0.15, 0.2) is 42.7 Å². The first kappa shape index (κ1) is 16.6. The zero-order valence-corrected chi connectivity index (χ0v) is 14.5. The molecule has 2 aliphatic rings. The van der Waals surface area contributed by atoms with Crippen molar-refractivity contribution >= 4 is 0 Å². The van der Waals surface area contributed by atoms with Gasteiger partial charge in [0, 0.05) is 49.8 Å². The number of hydrogen-bond donors (Lipinski definition) is 1. The molecule has 4 rings (SSSR count). The number of hydrogen-bond acceptors (Lipinski definition) is 5. The second kappa shape index (κ2) is 7.20. The minimum atomic E-state index is -0.308. The van der Waals surface area contributed by atoms with E-state index in [2.05, 4.69) is 14.9 Å². The van der Waals surface area contributed by atoms with Gasteiger partial charge in [0.15, 0.2) is 5.82 Å². The summed E-state index contributed by atoms with van der Waals surface area (Å²) in [6.45, 7) is 3.52.